The molecule has 3 rings (SSSR count). The van der Waals surface area contributed by atoms with Crippen molar-refractivity contribution in [3.8, 4) is 5.88 Å². The average molecular weight is 435 g/mol. The van der Waals surface area contributed by atoms with E-state index in [0.717, 1.165) is 5.56 Å². The van der Waals surface area contributed by atoms with E-state index in [4.69, 9.17) is 0 Å². The van der Waals surface area contributed by atoms with Crippen molar-refractivity contribution < 1.29 is 27.5 Å². The van der Waals surface area contributed by atoms with E-state index in [2.05, 4.69) is 23.6 Å². The Morgan fingerprint density at radius 2 is 1.45 bits per heavy atom. The van der Waals surface area contributed by atoms with Gasteiger partial charge in [-0.25, -0.2) is 4.98 Å². The molecule has 0 radical (unpaired) electrons. The quantitative estimate of drug-likeness (QED) is 0.718. The molecule has 1 aromatic heterocycles. The standard InChI is InChI=1S/C22H24F3N3O3/c1-15(2)16-3-5-17(6-4-16)20(29)27-9-11-28(12-10-27)21(30)18-7-8-19(26-13-18)31-14-22(23,24)25/h3-8,13,15H,9-12,14H2,1-2H3. The average Bonchev–Trinajstić information content (AvgIpc) is 2.77. The van der Waals surface area contributed by atoms with Crippen molar-refractivity contribution in [1.29, 1.82) is 0 Å². The number of alkyl halides is 3. The molecule has 6 nitrogen and oxygen atoms in total. The van der Waals surface area contributed by atoms with E-state index in [9.17, 15) is 22.8 Å². The predicted octanol–water partition coefficient (Wildman–Crippen LogP) is 3.74. The summed E-state index contributed by atoms with van der Waals surface area (Å²) in [7, 11) is 0. The predicted molar refractivity (Wildman–Crippen MR) is 108 cm³/mol. The van der Waals surface area contributed by atoms with Gasteiger partial charge >= 0.3 is 6.18 Å². The number of amides is 2. The summed E-state index contributed by atoms with van der Waals surface area (Å²) in [5, 5.41) is 0. The molecular formula is C22H24F3N3O3. The number of ether oxygens (including phenoxy) is 1. The lowest BCUT2D eigenvalue weighted by atomic mass is 10.0. The molecule has 9 heteroatoms. The van der Waals surface area contributed by atoms with Crippen molar-refractivity contribution in [3.63, 3.8) is 0 Å². The Kier molecular flexibility index (Phi) is 6.82. The minimum atomic E-state index is -4.45. The summed E-state index contributed by atoms with van der Waals surface area (Å²) >= 11 is 0. The fourth-order valence-electron chi connectivity index (χ4n) is 3.24. The zero-order valence-corrected chi connectivity index (χ0v) is 17.4. The molecule has 0 saturated carbocycles. The monoisotopic (exact) mass is 435 g/mol. The van der Waals surface area contributed by atoms with Gasteiger partial charge in [0.15, 0.2) is 6.61 Å². The lowest BCUT2D eigenvalue weighted by Gasteiger charge is -2.34. The first-order chi connectivity index (χ1) is 14.6. The first-order valence-corrected chi connectivity index (χ1v) is 9.98. The van der Waals surface area contributed by atoms with Gasteiger partial charge in [-0.15, -0.1) is 0 Å². The number of rotatable bonds is 5. The number of benzene rings is 1. The fourth-order valence-corrected chi connectivity index (χ4v) is 3.24. The van der Waals surface area contributed by atoms with Crippen molar-refractivity contribution in [2.45, 2.75) is 25.9 Å². The van der Waals surface area contributed by atoms with E-state index < -0.39 is 12.8 Å². The Balaban J connectivity index is 1.54. The smallest absolute Gasteiger partial charge is 0.422 e. The van der Waals surface area contributed by atoms with E-state index in [1.807, 2.05) is 24.3 Å². The summed E-state index contributed by atoms with van der Waals surface area (Å²) < 4.78 is 41.1. The van der Waals surface area contributed by atoms with Gasteiger partial charge in [0.1, 0.15) is 0 Å². The molecule has 0 N–H and O–H groups in total. The van der Waals surface area contributed by atoms with Gasteiger partial charge in [0.05, 0.1) is 5.56 Å². The summed E-state index contributed by atoms with van der Waals surface area (Å²) in [6.45, 7) is 4.26. The molecule has 2 amide bonds. The third-order valence-electron chi connectivity index (χ3n) is 5.05. The van der Waals surface area contributed by atoms with Gasteiger partial charge in [-0.3, -0.25) is 9.59 Å². The first-order valence-electron chi connectivity index (χ1n) is 9.98. The van der Waals surface area contributed by atoms with Gasteiger partial charge in [-0.2, -0.15) is 13.2 Å². The Morgan fingerprint density at radius 1 is 0.935 bits per heavy atom. The van der Waals surface area contributed by atoms with Gasteiger partial charge in [0.25, 0.3) is 11.8 Å². The van der Waals surface area contributed by atoms with Gasteiger partial charge in [-0.05, 0) is 29.7 Å². The van der Waals surface area contributed by atoms with Crippen molar-refractivity contribution in [2.75, 3.05) is 32.8 Å². The number of halogens is 3. The molecule has 0 spiro atoms. The number of nitrogens with zero attached hydrogens (tertiary/aromatic N) is 3. The number of aromatic nitrogens is 1. The van der Waals surface area contributed by atoms with E-state index in [1.165, 1.54) is 18.3 Å². The van der Waals surface area contributed by atoms with Crippen LogP contribution in [0.15, 0.2) is 42.6 Å². The topological polar surface area (TPSA) is 62.7 Å². The fraction of sp³-hybridized carbons (Fsp3) is 0.409. The minimum Gasteiger partial charge on any atom is -0.468 e. The molecule has 2 aromatic rings. The second-order valence-electron chi connectivity index (χ2n) is 7.65. The molecule has 0 aliphatic carbocycles. The van der Waals surface area contributed by atoms with Crippen LogP contribution < -0.4 is 4.74 Å². The maximum absolute atomic E-state index is 12.7. The summed E-state index contributed by atoms with van der Waals surface area (Å²) in [5.74, 6) is -0.176. The Bertz CT molecular complexity index is 904. The zero-order chi connectivity index (χ0) is 22.6. The van der Waals surface area contributed by atoms with Crippen LogP contribution in [0.1, 0.15) is 46.0 Å². The first kappa shape index (κ1) is 22.6. The number of hydrogen-bond acceptors (Lipinski definition) is 4. The highest BCUT2D eigenvalue weighted by Crippen LogP contribution is 2.19. The summed E-state index contributed by atoms with van der Waals surface area (Å²) in [4.78, 5) is 32.4. The van der Waals surface area contributed by atoms with E-state index in [1.54, 1.807) is 9.80 Å². The van der Waals surface area contributed by atoms with E-state index >= 15 is 0 Å². The number of pyridine rings is 1. The third kappa shape index (κ3) is 5.96. The molecule has 166 valence electrons. The van der Waals surface area contributed by atoms with Gasteiger partial charge in [-0.1, -0.05) is 26.0 Å². The Morgan fingerprint density at radius 3 is 1.90 bits per heavy atom. The SMILES string of the molecule is CC(C)c1ccc(C(=O)N2CCN(C(=O)c3ccc(OCC(F)(F)F)nc3)CC2)cc1. The molecule has 1 saturated heterocycles. The number of hydrogen-bond donors (Lipinski definition) is 0. The van der Waals surface area contributed by atoms with Crippen molar-refractivity contribution >= 4 is 11.8 Å². The molecule has 2 heterocycles. The van der Waals surface area contributed by atoms with Crippen LogP contribution in [0.4, 0.5) is 13.2 Å². The van der Waals surface area contributed by atoms with Gasteiger partial charge < -0.3 is 14.5 Å². The second-order valence-corrected chi connectivity index (χ2v) is 7.65. The largest absolute Gasteiger partial charge is 0.468 e. The van der Waals surface area contributed by atoms with Crippen molar-refractivity contribution in [3.05, 3.63) is 59.3 Å². The van der Waals surface area contributed by atoms with Crippen LogP contribution in [0.25, 0.3) is 0 Å². The molecule has 1 aromatic carbocycles. The number of piperazine rings is 1. The van der Waals surface area contributed by atoms with Gasteiger partial charge in [0, 0.05) is 44.0 Å². The van der Waals surface area contributed by atoms with Crippen LogP contribution >= 0.6 is 0 Å². The Labute approximate surface area is 178 Å². The molecule has 0 unspecified atom stereocenters. The van der Waals surface area contributed by atoms with Gasteiger partial charge in [0.2, 0.25) is 5.88 Å². The maximum atomic E-state index is 12.7. The Hall–Kier alpha value is -3.10. The zero-order valence-electron chi connectivity index (χ0n) is 17.4. The van der Waals surface area contributed by atoms with E-state index in [0.29, 0.717) is 37.7 Å². The third-order valence-corrected chi connectivity index (χ3v) is 5.05. The van der Waals surface area contributed by atoms with Crippen LogP contribution in [0.2, 0.25) is 0 Å². The van der Waals surface area contributed by atoms with Crippen molar-refractivity contribution in [1.82, 2.24) is 14.8 Å². The molecular weight excluding hydrogens is 411 g/mol. The molecule has 1 fully saturated rings. The highest BCUT2D eigenvalue weighted by molar-refractivity contribution is 5.95. The molecule has 0 bridgehead atoms. The van der Waals surface area contributed by atoms with E-state index in [-0.39, 0.29) is 23.3 Å². The normalized spacial score (nSPS) is 14.6. The summed E-state index contributed by atoms with van der Waals surface area (Å²) in [6.07, 6.45) is -3.26. The number of carbonyl (C=O) groups is 2. The molecule has 1 aliphatic heterocycles. The van der Waals surface area contributed by atoms with Crippen LogP contribution in [-0.2, 0) is 0 Å². The minimum absolute atomic E-state index is 0.0739. The van der Waals surface area contributed by atoms with Crippen LogP contribution in [0.5, 0.6) is 5.88 Å². The molecule has 1 aliphatic rings. The van der Waals surface area contributed by atoms with Crippen LogP contribution in [0.3, 0.4) is 0 Å². The lowest BCUT2D eigenvalue weighted by Crippen LogP contribution is -2.50. The molecule has 0 atom stereocenters. The van der Waals surface area contributed by atoms with Crippen LogP contribution in [0, 0.1) is 0 Å². The summed E-state index contributed by atoms with van der Waals surface area (Å²) in [6, 6.07) is 10.2. The lowest BCUT2D eigenvalue weighted by molar-refractivity contribution is -0.154. The number of carbonyl (C=O) groups excluding carboxylic acids is 2. The summed E-state index contributed by atoms with van der Waals surface area (Å²) in [5.41, 5.74) is 2.03. The maximum Gasteiger partial charge on any atom is 0.422 e. The van der Waals surface area contributed by atoms with Crippen molar-refractivity contribution in [2.24, 2.45) is 0 Å². The highest BCUT2D eigenvalue weighted by atomic mass is 19.4. The van der Waals surface area contributed by atoms with Crippen LogP contribution in [-0.4, -0.2) is 65.6 Å². The highest BCUT2D eigenvalue weighted by Gasteiger charge is 2.29. The molecule has 31 heavy (non-hydrogen) atoms. The second kappa shape index (κ2) is 9.36.